The molecule has 1 aliphatic heterocycles. The van der Waals surface area contributed by atoms with Crippen LogP contribution in [0, 0.1) is 0 Å². The average molecular weight is 176 g/mol. The molecule has 1 aliphatic rings. The summed E-state index contributed by atoms with van der Waals surface area (Å²) in [6.45, 7) is 1.87. The molecule has 70 valence electrons. The van der Waals surface area contributed by atoms with Crippen LogP contribution in [0.1, 0.15) is 17.5 Å². The van der Waals surface area contributed by atoms with E-state index in [2.05, 4.69) is 23.5 Å². The second-order valence-electron chi connectivity index (χ2n) is 3.52. The molecule has 0 bridgehead atoms. The van der Waals surface area contributed by atoms with Gasteiger partial charge in [0.25, 0.3) is 0 Å². The number of rotatable bonds is 3. The van der Waals surface area contributed by atoms with Gasteiger partial charge < -0.3 is 11.1 Å². The topological polar surface area (TPSA) is 38.0 Å². The molecule has 3 N–H and O–H groups in total. The first-order valence-electron chi connectivity index (χ1n) is 4.96. The van der Waals surface area contributed by atoms with Gasteiger partial charge in [0.15, 0.2) is 0 Å². The van der Waals surface area contributed by atoms with Gasteiger partial charge in [-0.2, -0.15) is 0 Å². The fourth-order valence-electron chi connectivity index (χ4n) is 1.91. The van der Waals surface area contributed by atoms with E-state index >= 15 is 0 Å². The molecule has 0 fully saturated rings. The number of para-hydroxylation sites is 1. The minimum absolute atomic E-state index is 0.781. The van der Waals surface area contributed by atoms with Gasteiger partial charge >= 0.3 is 0 Å². The molecule has 2 rings (SSSR count). The molecule has 1 aromatic carbocycles. The Morgan fingerprint density at radius 1 is 1.38 bits per heavy atom. The van der Waals surface area contributed by atoms with Crippen LogP contribution in [0.4, 0.5) is 5.69 Å². The fraction of sp³-hybridized carbons (Fsp3) is 0.455. The summed E-state index contributed by atoms with van der Waals surface area (Å²) in [5.74, 6) is 0. The SMILES string of the molecule is NCCCc1cccc2c1NCC2. The molecular formula is C11H16N2. The lowest BCUT2D eigenvalue weighted by molar-refractivity contribution is 0.833. The third-order valence-corrected chi connectivity index (χ3v) is 2.58. The first-order valence-corrected chi connectivity index (χ1v) is 4.96. The zero-order valence-electron chi connectivity index (χ0n) is 7.84. The van der Waals surface area contributed by atoms with Crippen LogP contribution in [0.5, 0.6) is 0 Å². The van der Waals surface area contributed by atoms with Crippen molar-refractivity contribution < 1.29 is 0 Å². The second-order valence-corrected chi connectivity index (χ2v) is 3.52. The summed E-state index contributed by atoms with van der Waals surface area (Å²) in [5, 5.41) is 3.44. The average Bonchev–Trinajstić information content (AvgIpc) is 2.62. The predicted molar refractivity (Wildman–Crippen MR) is 56.0 cm³/mol. The van der Waals surface area contributed by atoms with Crippen LogP contribution in [0.3, 0.4) is 0 Å². The van der Waals surface area contributed by atoms with Crippen molar-refractivity contribution in [1.82, 2.24) is 0 Å². The first-order chi connectivity index (χ1) is 6.42. The number of nitrogens with two attached hydrogens (primary N) is 1. The van der Waals surface area contributed by atoms with E-state index in [1.807, 2.05) is 0 Å². The molecule has 0 unspecified atom stereocenters. The van der Waals surface area contributed by atoms with Crippen LogP contribution in [-0.4, -0.2) is 13.1 Å². The summed E-state index contributed by atoms with van der Waals surface area (Å²) in [7, 11) is 0. The molecule has 0 atom stereocenters. The van der Waals surface area contributed by atoms with Crippen molar-refractivity contribution in [3.63, 3.8) is 0 Å². The largest absolute Gasteiger partial charge is 0.384 e. The number of anilines is 1. The number of aryl methyl sites for hydroxylation is 1. The van der Waals surface area contributed by atoms with E-state index in [4.69, 9.17) is 5.73 Å². The van der Waals surface area contributed by atoms with Crippen molar-refractivity contribution in [2.24, 2.45) is 5.73 Å². The van der Waals surface area contributed by atoms with Gasteiger partial charge in [-0.15, -0.1) is 0 Å². The number of hydrogen-bond acceptors (Lipinski definition) is 2. The summed E-state index contributed by atoms with van der Waals surface area (Å²) in [5.41, 5.74) is 9.77. The first kappa shape index (κ1) is 8.57. The smallest absolute Gasteiger partial charge is 0.0406 e. The maximum absolute atomic E-state index is 5.50. The number of hydrogen-bond donors (Lipinski definition) is 2. The van der Waals surface area contributed by atoms with Crippen molar-refractivity contribution >= 4 is 5.69 Å². The zero-order valence-corrected chi connectivity index (χ0v) is 7.84. The molecular weight excluding hydrogens is 160 g/mol. The molecule has 0 aromatic heterocycles. The van der Waals surface area contributed by atoms with E-state index in [0.29, 0.717) is 0 Å². The quantitative estimate of drug-likeness (QED) is 0.733. The standard InChI is InChI=1S/C11H16N2/c12-7-2-5-9-3-1-4-10-6-8-13-11(9)10/h1,3-4,13H,2,5-8,12H2. The Balaban J connectivity index is 2.20. The van der Waals surface area contributed by atoms with Crippen LogP contribution in [0.25, 0.3) is 0 Å². The van der Waals surface area contributed by atoms with Crippen molar-refractivity contribution in [2.75, 3.05) is 18.4 Å². The number of fused-ring (bicyclic) bond motifs is 1. The lowest BCUT2D eigenvalue weighted by Gasteiger charge is -2.07. The lowest BCUT2D eigenvalue weighted by Crippen LogP contribution is -2.02. The molecule has 2 heteroatoms. The summed E-state index contributed by atoms with van der Waals surface area (Å²) in [6.07, 6.45) is 3.36. The molecule has 13 heavy (non-hydrogen) atoms. The van der Waals surface area contributed by atoms with E-state index in [-0.39, 0.29) is 0 Å². The Labute approximate surface area is 79.1 Å². The van der Waals surface area contributed by atoms with E-state index in [1.54, 1.807) is 0 Å². The predicted octanol–water partition coefficient (Wildman–Crippen LogP) is 1.55. The van der Waals surface area contributed by atoms with Gasteiger partial charge in [-0.05, 0) is 36.9 Å². The normalized spacial score (nSPS) is 13.9. The van der Waals surface area contributed by atoms with Gasteiger partial charge in [-0.1, -0.05) is 18.2 Å². The highest BCUT2D eigenvalue weighted by Crippen LogP contribution is 2.26. The van der Waals surface area contributed by atoms with E-state index in [1.165, 1.54) is 23.2 Å². The van der Waals surface area contributed by atoms with Gasteiger partial charge in [0.2, 0.25) is 0 Å². The number of benzene rings is 1. The maximum atomic E-state index is 5.50. The van der Waals surface area contributed by atoms with Crippen LogP contribution in [-0.2, 0) is 12.8 Å². The Kier molecular flexibility index (Phi) is 2.50. The monoisotopic (exact) mass is 176 g/mol. The van der Waals surface area contributed by atoms with Crippen molar-refractivity contribution in [2.45, 2.75) is 19.3 Å². The molecule has 0 radical (unpaired) electrons. The van der Waals surface area contributed by atoms with Gasteiger partial charge in [0, 0.05) is 12.2 Å². The van der Waals surface area contributed by atoms with Crippen LogP contribution in [0.2, 0.25) is 0 Å². The number of nitrogens with one attached hydrogen (secondary N) is 1. The Hall–Kier alpha value is -1.02. The molecule has 0 saturated heterocycles. The highest BCUT2D eigenvalue weighted by atomic mass is 14.9. The summed E-state index contributed by atoms with van der Waals surface area (Å²) < 4.78 is 0. The molecule has 0 amide bonds. The minimum atomic E-state index is 0.781. The fourth-order valence-corrected chi connectivity index (χ4v) is 1.91. The third kappa shape index (κ3) is 1.68. The minimum Gasteiger partial charge on any atom is -0.384 e. The van der Waals surface area contributed by atoms with E-state index in [0.717, 1.165) is 25.9 Å². The van der Waals surface area contributed by atoms with Gasteiger partial charge in [-0.25, -0.2) is 0 Å². The molecule has 0 spiro atoms. The highest BCUT2D eigenvalue weighted by molar-refractivity contribution is 5.61. The van der Waals surface area contributed by atoms with Crippen molar-refractivity contribution in [3.05, 3.63) is 29.3 Å². The third-order valence-electron chi connectivity index (χ3n) is 2.58. The molecule has 2 nitrogen and oxygen atoms in total. The highest BCUT2D eigenvalue weighted by Gasteiger charge is 2.12. The summed E-state index contributed by atoms with van der Waals surface area (Å²) in [6, 6.07) is 6.56. The van der Waals surface area contributed by atoms with Crippen LogP contribution < -0.4 is 11.1 Å². The zero-order chi connectivity index (χ0) is 9.10. The van der Waals surface area contributed by atoms with Gasteiger partial charge in [0.05, 0.1) is 0 Å². The van der Waals surface area contributed by atoms with Gasteiger partial charge in [0.1, 0.15) is 0 Å². The van der Waals surface area contributed by atoms with E-state index < -0.39 is 0 Å². The molecule has 0 saturated carbocycles. The van der Waals surface area contributed by atoms with Crippen LogP contribution in [0.15, 0.2) is 18.2 Å². The Bertz CT molecular complexity index is 294. The van der Waals surface area contributed by atoms with Crippen molar-refractivity contribution in [1.29, 1.82) is 0 Å². The summed E-state index contributed by atoms with van der Waals surface area (Å²) in [4.78, 5) is 0. The molecule has 1 heterocycles. The maximum Gasteiger partial charge on any atom is 0.0406 e. The van der Waals surface area contributed by atoms with Crippen LogP contribution >= 0.6 is 0 Å². The lowest BCUT2D eigenvalue weighted by atomic mass is 10.0. The molecule has 0 aliphatic carbocycles. The van der Waals surface area contributed by atoms with Gasteiger partial charge in [-0.3, -0.25) is 0 Å². The second kappa shape index (κ2) is 3.79. The van der Waals surface area contributed by atoms with Crippen molar-refractivity contribution in [3.8, 4) is 0 Å². The Morgan fingerprint density at radius 2 is 2.31 bits per heavy atom. The summed E-state index contributed by atoms with van der Waals surface area (Å²) >= 11 is 0. The van der Waals surface area contributed by atoms with E-state index in [9.17, 15) is 0 Å². The Morgan fingerprint density at radius 3 is 3.15 bits per heavy atom. The molecule has 1 aromatic rings.